The minimum absolute atomic E-state index is 0.157. The third-order valence-corrected chi connectivity index (χ3v) is 3.01. The predicted molar refractivity (Wildman–Crippen MR) is 58.1 cm³/mol. The van der Waals surface area contributed by atoms with Crippen LogP contribution in [0, 0.1) is 0 Å². The van der Waals surface area contributed by atoms with Crippen molar-refractivity contribution in [3.05, 3.63) is 0 Å². The summed E-state index contributed by atoms with van der Waals surface area (Å²) in [7, 11) is 1.76. The van der Waals surface area contributed by atoms with Crippen molar-refractivity contribution in [2.75, 3.05) is 39.9 Å². The van der Waals surface area contributed by atoms with Gasteiger partial charge in [0.25, 0.3) is 0 Å². The molecule has 1 fully saturated rings. The molecule has 4 heteroatoms. The van der Waals surface area contributed by atoms with Crippen molar-refractivity contribution in [2.45, 2.75) is 19.4 Å². The molecule has 1 aliphatic heterocycles. The number of methoxy groups -OCH3 is 1. The van der Waals surface area contributed by atoms with Crippen LogP contribution >= 0.6 is 12.8 Å². The van der Waals surface area contributed by atoms with Gasteiger partial charge in [-0.3, -0.25) is 9.21 Å². The minimum Gasteiger partial charge on any atom is -0.383 e. The van der Waals surface area contributed by atoms with Gasteiger partial charge in [0.05, 0.1) is 6.61 Å². The van der Waals surface area contributed by atoms with Gasteiger partial charge < -0.3 is 4.74 Å². The van der Waals surface area contributed by atoms with Gasteiger partial charge in [-0.1, -0.05) is 12.8 Å². The molecule has 0 amide bonds. The van der Waals surface area contributed by atoms with E-state index in [2.05, 4.69) is 35.9 Å². The highest BCUT2D eigenvalue weighted by atomic mass is 32.1. The topological polar surface area (TPSA) is 15.7 Å². The first-order valence-electron chi connectivity index (χ1n) is 4.74. The summed E-state index contributed by atoms with van der Waals surface area (Å²) in [6.07, 6.45) is 0. The summed E-state index contributed by atoms with van der Waals surface area (Å²) < 4.78 is 7.28. The number of hydrogen-bond acceptors (Lipinski definition) is 4. The van der Waals surface area contributed by atoms with Gasteiger partial charge >= 0.3 is 0 Å². The van der Waals surface area contributed by atoms with Crippen molar-refractivity contribution >= 4 is 12.8 Å². The Balaban J connectivity index is 2.42. The van der Waals surface area contributed by atoms with Gasteiger partial charge in [0.1, 0.15) is 0 Å². The summed E-state index contributed by atoms with van der Waals surface area (Å²) in [5.41, 5.74) is 0.157. The molecule has 1 saturated heterocycles. The normalized spacial score (nSPS) is 22.2. The largest absolute Gasteiger partial charge is 0.383 e. The summed E-state index contributed by atoms with van der Waals surface area (Å²) in [6.45, 7) is 9.49. The van der Waals surface area contributed by atoms with Crippen LogP contribution < -0.4 is 0 Å². The van der Waals surface area contributed by atoms with Crippen molar-refractivity contribution in [3.8, 4) is 0 Å². The maximum absolute atomic E-state index is 5.21. The number of hydrogen-bond donors (Lipinski definition) is 1. The SMILES string of the molecule is COCC(C)(C)N1CCN(S)CC1. The fourth-order valence-electron chi connectivity index (χ4n) is 1.75. The molecule has 13 heavy (non-hydrogen) atoms. The van der Waals surface area contributed by atoms with E-state index in [0.29, 0.717) is 0 Å². The van der Waals surface area contributed by atoms with E-state index in [4.69, 9.17) is 4.74 Å². The smallest absolute Gasteiger partial charge is 0.0641 e. The molecule has 0 radical (unpaired) electrons. The molecule has 0 aromatic rings. The fraction of sp³-hybridized carbons (Fsp3) is 1.00. The van der Waals surface area contributed by atoms with Crippen LogP contribution in [0.4, 0.5) is 0 Å². The van der Waals surface area contributed by atoms with Gasteiger partial charge in [-0.15, -0.1) is 0 Å². The molecule has 0 aromatic carbocycles. The van der Waals surface area contributed by atoms with E-state index >= 15 is 0 Å². The van der Waals surface area contributed by atoms with Crippen LogP contribution in [0.2, 0.25) is 0 Å². The lowest BCUT2D eigenvalue weighted by Crippen LogP contribution is -2.54. The Labute approximate surface area is 86.6 Å². The third kappa shape index (κ3) is 3.13. The molecule has 0 spiro atoms. The highest BCUT2D eigenvalue weighted by Crippen LogP contribution is 2.17. The first-order valence-corrected chi connectivity index (χ1v) is 5.14. The maximum atomic E-state index is 5.21. The Hall–Kier alpha value is 0.230. The van der Waals surface area contributed by atoms with E-state index in [1.54, 1.807) is 7.11 Å². The van der Waals surface area contributed by atoms with Crippen molar-refractivity contribution in [3.63, 3.8) is 0 Å². The zero-order valence-electron chi connectivity index (χ0n) is 8.79. The number of nitrogens with zero attached hydrogens (tertiary/aromatic N) is 2. The lowest BCUT2D eigenvalue weighted by molar-refractivity contribution is 0.0168. The zero-order chi connectivity index (χ0) is 9.90. The molecule has 1 heterocycles. The van der Waals surface area contributed by atoms with Crippen molar-refractivity contribution in [1.29, 1.82) is 0 Å². The molecule has 0 bridgehead atoms. The standard InChI is InChI=1S/C9H20N2OS/c1-9(2,8-12-3)10-4-6-11(13)7-5-10/h13H,4-8H2,1-3H3. The molecule has 0 unspecified atom stereocenters. The van der Waals surface area contributed by atoms with E-state index in [-0.39, 0.29) is 5.54 Å². The van der Waals surface area contributed by atoms with E-state index in [0.717, 1.165) is 32.8 Å². The summed E-state index contributed by atoms with van der Waals surface area (Å²) in [6, 6.07) is 0. The second-order valence-electron chi connectivity index (χ2n) is 4.19. The van der Waals surface area contributed by atoms with Gasteiger partial charge in [0.2, 0.25) is 0 Å². The number of rotatable bonds is 3. The van der Waals surface area contributed by atoms with Gasteiger partial charge in [-0.2, -0.15) is 0 Å². The van der Waals surface area contributed by atoms with Crippen molar-refractivity contribution < 1.29 is 4.74 Å². The molecular weight excluding hydrogens is 184 g/mol. The molecule has 0 aromatic heterocycles. The summed E-state index contributed by atoms with van der Waals surface area (Å²) in [4.78, 5) is 2.46. The molecular formula is C9H20N2OS. The molecule has 0 N–H and O–H groups in total. The average molecular weight is 204 g/mol. The van der Waals surface area contributed by atoms with E-state index in [1.807, 2.05) is 0 Å². The minimum atomic E-state index is 0.157. The van der Waals surface area contributed by atoms with Crippen LogP contribution in [0.15, 0.2) is 0 Å². The fourth-order valence-corrected chi connectivity index (χ4v) is 1.92. The van der Waals surface area contributed by atoms with Crippen molar-refractivity contribution in [2.24, 2.45) is 0 Å². The number of piperazine rings is 1. The van der Waals surface area contributed by atoms with E-state index < -0.39 is 0 Å². The van der Waals surface area contributed by atoms with Gasteiger partial charge in [-0.25, -0.2) is 0 Å². The Morgan fingerprint density at radius 1 is 1.23 bits per heavy atom. The second kappa shape index (κ2) is 4.64. The third-order valence-electron chi connectivity index (χ3n) is 2.61. The van der Waals surface area contributed by atoms with Gasteiger partial charge in [0, 0.05) is 38.8 Å². The van der Waals surface area contributed by atoms with E-state index in [1.165, 1.54) is 0 Å². The summed E-state index contributed by atoms with van der Waals surface area (Å²) in [5, 5.41) is 0. The monoisotopic (exact) mass is 204 g/mol. The highest BCUT2D eigenvalue weighted by Gasteiger charge is 2.28. The Bertz CT molecular complexity index is 156. The molecule has 78 valence electrons. The highest BCUT2D eigenvalue weighted by molar-refractivity contribution is 7.77. The van der Waals surface area contributed by atoms with Crippen LogP contribution in [-0.2, 0) is 4.74 Å². The average Bonchev–Trinajstić information content (AvgIpc) is 2.05. The number of ether oxygens (including phenoxy) is 1. The summed E-state index contributed by atoms with van der Waals surface area (Å²) >= 11 is 4.33. The molecule has 3 nitrogen and oxygen atoms in total. The second-order valence-corrected chi connectivity index (χ2v) is 4.75. The maximum Gasteiger partial charge on any atom is 0.0641 e. The van der Waals surface area contributed by atoms with Crippen LogP contribution in [0.3, 0.4) is 0 Å². The van der Waals surface area contributed by atoms with E-state index in [9.17, 15) is 0 Å². The first-order chi connectivity index (χ1) is 6.06. The predicted octanol–water partition coefficient (Wildman–Crippen LogP) is 0.874. The van der Waals surface area contributed by atoms with Crippen LogP contribution in [0.25, 0.3) is 0 Å². The molecule has 0 atom stereocenters. The zero-order valence-corrected chi connectivity index (χ0v) is 9.68. The lowest BCUT2D eigenvalue weighted by atomic mass is 10.0. The molecule has 1 rings (SSSR count). The molecule has 1 aliphatic rings. The van der Waals surface area contributed by atoms with Crippen molar-refractivity contribution in [1.82, 2.24) is 9.21 Å². The van der Waals surface area contributed by atoms with Crippen LogP contribution in [-0.4, -0.2) is 54.6 Å². The Morgan fingerprint density at radius 2 is 1.77 bits per heavy atom. The van der Waals surface area contributed by atoms with Crippen LogP contribution in [0.1, 0.15) is 13.8 Å². The molecule has 0 saturated carbocycles. The van der Waals surface area contributed by atoms with Gasteiger partial charge in [-0.05, 0) is 13.8 Å². The Morgan fingerprint density at radius 3 is 2.23 bits per heavy atom. The quantitative estimate of drug-likeness (QED) is 0.687. The number of thiol groups is 1. The lowest BCUT2D eigenvalue weighted by Gasteiger charge is -2.42. The summed E-state index contributed by atoms with van der Waals surface area (Å²) in [5.74, 6) is 0. The molecule has 0 aliphatic carbocycles. The Kier molecular flexibility index (Phi) is 4.04. The van der Waals surface area contributed by atoms with Crippen LogP contribution in [0.5, 0.6) is 0 Å². The van der Waals surface area contributed by atoms with Gasteiger partial charge in [0.15, 0.2) is 0 Å². The first kappa shape index (κ1) is 11.3.